The normalized spacial score (nSPS) is 14.9. The van der Waals surface area contributed by atoms with Gasteiger partial charge >= 0.3 is 0 Å². The third kappa shape index (κ3) is 3.15. The van der Waals surface area contributed by atoms with E-state index in [0.29, 0.717) is 42.4 Å². The fourth-order valence-corrected chi connectivity index (χ4v) is 3.61. The van der Waals surface area contributed by atoms with Gasteiger partial charge in [0.15, 0.2) is 5.69 Å². The second kappa shape index (κ2) is 7.26. The van der Waals surface area contributed by atoms with Gasteiger partial charge in [0.25, 0.3) is 11.5 Å². The predicted molar refractivity (Wildman–Crippen MR) is 105 cm³/mol. The van der Waals surface area contributed by atoms with E-state index in [-0.39, 0.29) is 29.0 Å². The topological polar surface area (TPSA) is 98.3 Å². The molecule has 1 aromatic heterocycles. The summed E-state index contributed by atoms with van der Waals surface area (Å²) in [5.74, 6) is -0.774. The van der Waals surface area contributed by atoms with Crippen molar-refractivity contribution in [2.45, 2.75) is 12.8 Å². The maximum atomic E-state index is 13.2. The Hall–Kier alpha value is -3.48. The Kier molecular flexibility index (Phi) is 4.65. The van der Waals surface area contributed by atoms with Gasteiger partial charge in [0, 0.05) is 24.4 Å². The van der Waals surface area contributed by atoms with Gasteiger partial charge < -0.3 is 10.6 Å². The third-order valence-corrected chi connectivity index (χ3v) is 5.19. The first kappa shape index (κ1) is 17.9. The molecule has 0 bridgehead atoms. The lowest BCUT2D eigenvalue weighted by Crippen LogP contribution is -2.42. The monoisotopic (exact) mass is 376 g/mol. The van der Waals surface area contributed by atoms with Gasteiger partial charge in [0.2, 0.25) is 5.91 Å². The first-order valence-electron chi connectivity index (χ1n) is 9.22. The molecule has 1 fully saturated rings. The van der Waals surface area contributed by atoms with Gasteiger partial charge in [-0.05, 0) is 31.0 Å². The number of amides is 2. The molecule has 1 aliphatic rings. The largest absolute Gasteiger partial charge is 0.369 e. The lowest BCUT2D eigenvalue weighted by atomic mass is 9.96. The Morgan fingerprint density at radius 1 is 0.929 bits per heavy atom. The van der Waals surface area contributed by atoms with Crippen molar-refractivity contribution in [2.75, 3.05) is 13.1 Å². The maximum Gasteiger partial charge on any atom is 0.279 e. The van der Waals surface area contributed by atoms with Gasteiger partial charge in [-0.1, -0.05) is 36.4 Å². The number of carbonyl (C=O) groups excluding carboxylic acids is 2. The van der Waals surface area contributed by atoms with E-state index in [9.17, 15) is 14.4 Å². The van der Waals surface area contributed by atoms with Crippen LogP contribution in [-0.2, 0) is 4.79 Å². The van der Waals surface area contributed by atoms with Gasteiger partial charge in [0.05, 0.1) is 11.1 Å². The molecule has 2 heterocycles. The van der Waals surface area contributed by atoms with E-state index in [1.807, 2.05) is 18.2 Å². The van der Waals surface area contributed by atoms with Crippen molar-refractivity contribution >= 4 is 22.6 Å². The minimum absolute atomic E-state index is 0.202. The molecule has 1 saturated heterocycles. The summed E-state index contributed by atoms with van der Waals surface area (Å²) >= 11 is 0. The average molecular weight is 376 g/mol. The van der Waals surface area contributed by atoms with Crippen LogP contribution in [0.25, 0.3) is 16.5 Å². The Bertz CT molecular complexity index is 1100. The third-order valence-electron chi connectivity index (χ3n) is 5.19. The Morgan fingerprint density at radius 2 is 1.54 bits per heavy atom. The summed E-state index contributed by atoms with van der Waals surface area (Å²) < 4.78 is 1.27. The zero-order valence-corrected chi connectivity index (χ0v) is 15.2. The lowest BCUT2D eigenvalue weighted by Gasteiger charge is -2.30. The number of nitrogens with two attached hydrogens (primary N) is 1. The Labute approximate surface area is 161 Å². The summed E-state index contributed by atoms with van der Waals surface area (Å²) in [5.41, 5.74) is 5.94. The SMILES string of the molecule is NC(=O)C1CCN(C(=O)c2nn(-c3ccccc3)c(=O)c3ccccc23)CC1. The van der Waals surface area contributed by atoms with Crippen LogP contribution < -0.4 is 11.3 Å². The van der Waals surface area contributed by atoms with Gasteiger partial charge in [-0.2, -0.15) is 9.78 Å². The summed E-state index contributed by atoms with van der Waals surface area (Å²) in [5, 5.41) is 5.39. The van der Waals surface area contributed by atoms with Crippen LogP contribution in [0.5, 0.6) is 0 Å². The second-order valence-electron chi connectivity index (χ2n) is 6.92. The highest BCUT2D eigenvalue weighted by molar-refractivity contribution is 6.05. The number of hydrogen-bond donors (Lipinski definition) is 1. The Balaban J connectivity index is 1.78. The summed E-state index contributed by atoms with van der Waals surface area (Å²) in [4.78, 5) is 39.2. The summed E-state index contributed by atoms with van der Waals surface area (Å²) in [6.45, 7) is 0.875. The molecule has 2 amide bonds. The van der Waals surface area contributed by atoms with Crippen molar-refractivity contribution in [3.63, 3.8) is 0 Å². The van der Waals surface area contributed by atoms with Crippen molar-refractivity contribution in [1.29, 1.82) is 0 Å². The predicted octanol–water partition coefficient (Wildman–Crippen LogP) is 1.72. The van der Waals surface area contributed by atoms with Crippen LogP contribution >= 0.6 is 0 Å². The summed E-state index contributed by atoms with van der Waals surface area (Å²) in [6, 6.07) is 16.0. The van der Waals surface area contributed by atoms with Crippen molar-refractivity contribution < 1.29 is 9.59 Å². The van der Waals surface area contributed by atoms with E-state index in [2.05, 4.69) is 5.10 Å². The van der Waals surface area contributed by atoms with E-state index < -0.39 is 0 Å². The highest BCUT2D eigenvalue weighted by Crippen LogP contribution is 2.21. The fourth-order valence-electron chi connectivity index (χ4n) is 3.61. The first-order chi connectivity index (χ1) is 13.6. The minimum atomic E-state index is -0.326. The standard InChI is InChI=1S/C21H20N4O3/c22-19(26)14-10-12-24(13-11-14)21(28)18-16-8-4-5-9-17(16)20(27)25(23-18)15-6-2-1-3-7-15/h1-9,14H,10-13H2,(H2,22,26). The van der Waals surface area contributed by atoms with Crippen LogP contribution in [0.15, 0.2) is 59.4 Å². The first-order valence-corrected chi connectivity index (χ1v) is 9.22. The van der Waals surface area contributed by atoms with Gasteiger partial charge in [-0.15, -0.1) is 0 Å². The molecule has 28 heavy (non-hydrogen) atoms. The molecule has 0 aliphatic carbocycles. The van der Waals surface area contributed by atoms with Crippen LogP contribution in [0.1, 0.15) is 23.3 Å². The number of para-hydroxylation sites is 1. The molecule has 7 heteroatoms. The van der Waals surface area contributed by atoms with E-state index in [1.165, 1.54) is 4.68 Å². The number of likely N-dealkylation sites (tertiary alicyclic amines) is 1. The van der Waals surface area contributed by atoms with Crippen LogP contribution in [0.3, 0.4) is 0 Å². The zero-order valence-electron chi connectivity index (χ0n) is 15.2. The van der Waals surface area contributed by atoms with Crippen LogP contribution in [-0.4, -0.2) is 39.6 Å². The van der Waals surface area contributed by atoms with Crippen LogP contribution in [0, 0.1) is 5.92 Å². The summed E-state index contributed by atoms with van der Waals surface area (Å²) in [7, 11) is 0. The molecule has 0 spiro atoms. The van der Waals surface area contributed by atoms with E-state index >= 15 is 0 Å². The number of aromatic nitrogens is 2. The van der Waals surface area contributed by atoms with Crippen LogP contribution in [0.2, 0.25) is 0 Å². The smallest absolute Gasteiger partial charge is 0.279 e. The van der Waals surface area contributed by atoms with Gasteiger partial charge in [-0.25, -0.2) is 0 Å². The highest BCUT2D eigenvalue weighted by Gasteiger charge is 2.28. The van der Waals surface area contributed by atoms with Crippen molar-refractivity contribution in [1.82, 2.24) is 14.7 Å². The average Bonchev–Trinajstić information content (AvgIpc) is 2.74. The maximum absolute atomic E-state index is 13.2. The highest BCUT2D eigenvalue weighted by atomic mass is 16.2. The van der Waals surface area contributed by atoms with Crippen molar-refractivity contribution in [3.05, 3.63) is 70.6 Å². The minimum Gasteiger partial charge on any atom is -0.369 e. The van der Waals surface area contributed by atoms with Gasteiger partial charge in [0.1, 0.15) is 0 Å². The molecule has 7 nitrogen and oxygen atoms in total. The molecule has 0 unspecified atom stereocenters. The molecule has 2 N–H and O–H groups in total. The number of primary amides is 1. The second-order valence-corrected chi connectivity index (χ2v) is 6.92. The van der Waals surface area contributed by atoms with Gasteiger partial charge in [-0.3, -0.25) is 14.4 Å². The lowest BCUT2D eigenvalue weighted by molar-refractivity contribution is -0.123. The quantitative estimate of drug-likeness (QED) is 0.752. The van der Waals surface area contributed by atoms with E-state index in [4.69, 9.17) is 5.73 Å². The van der Waals surface area contributed by atoms with Crippen LogP contribution in [0.4, 0.5) is 0 Å². The summed E-state index contributed by atoms with van der Waals surface area (Å²) in [6.07, 6.45) is 1.08. The number of nitrogens with zero attached hydrogens (tertiary/aromatic N) is 3. The fraction of sp³-hybridized carbons (Fsp3) is 0.238. The molecule has 142 valence electrons. The molecule has 0 atom stereocenters. The Morgan fingerprint density at radius 3 is 2.18 bits per heavy atom. The number of piperidine rings is 1. The number of fused-ring (bicyclic) bond motifs is 1. The van der Waals surface area contributed by atoms with Crippen molar-refractivity contribution in [2.24, 2.45) is 11.7 Å². The molecular formula is C21H20N4O3. The molecule has 1 aliphatic heterocycles. The molecule has 4 rings (SSSR count). The molecule has 3 aromatic rings. The van der Waals surface area contributed by atoms with E-state index in [1.54, 1.807) is 41.3 Å². The number of hydrogen-bond acceptors (Lipinski definition) is 4. The van der Waals surface area contributed by atoms with Crippen molar-refractivity contribution in [3.8, 4) is 5.69 Å². The van der Waals surface area contributed by atoms with E-state index in [0.717, 1.165) is 0 Å². The molecule has 0 radical (unpaired) electrons. The number of rotatable bonds is 3. The molecule has 0 saturated carbocycles. The zero-order chi connectivity index (χ0) is 19.7. The molecule has 2 aromatic carbocycles. The molecular weight excluding hydrogens is 356 g/mol. The number of carbonyl (C=O) groups is 2. The number of benzene rings is 2.